The van der Waals surface area contributed by atoms with Crippen LogP contribution >= 0.6 is 24.0 Å². The Hall–Kier alpha value is -0.120. The number of nitrogens with one attached hydrogen (secondary N) is 2. The lowest BCUT2D eigenvalue weighted by Crippen LogP contribution is -2.52. The minimum absolute atomic E-state index is 0. The summed E-state index contributed by atoms with van der Waals surface area (Å²) >= 11 is 0. The van der Waals surface area contributed by atoms with Crippen molar-refractivity contribution in [1.29, 1.82) is 0 Å². The van der Waals surface area contributed by atoms with E-state index in [1.807, 2.05) is 0 Å². The van der Waals surface area contributed by atoms with Gasteiger partial charge in [0.25, 0.3) is 0 Å². The molecule has 0 bridgehead atoms. The Balaban J connectivity index is 0.00000288. The highest BCUT2D eigenvalue weighted by Gasteiger charge is 2.32. The second-order valence-electron chi connectivity index (χ2n) is 7.67. The van der Waals surface area contributed by atoms with E-state index in [0.717, 1.165) is 32.2 Å². The Bertz CT molecular complexity index is 401. The summed E-state index contributed by atoms with van der Waals surface area (Å²) in [5.74, 6) is 0.809. The molecule has 3 atom stereocenters. The van der Waals surface area contributed by atoms with Crippen LogP contribution in [0, 0.1) is 5.41 Å². The molecule has 0 saturated carbocycles. The molecule has 3 unspecified atom stereocenters. The first kappa shape index (κ1) is 21.9. The van der Waals surface area contributed by atoms with Crippen LogP contribution < -0.4 is 10.6 Å². The average Bonchev–Trinajstić information content (AvgIpc) is 2.97. The first-order valence-electron chi connectivity index (χ1n) is 8.77. The van der Waals surface area contributed by atoms with Gasteiger partial charge in [0, 0.05) is 39.8 Å². The standard InChI is InChI=1S/C17H34N4O2.HI/c1-17(2,3)15(22-5)10-20-16(18-4)19-9-14-11-21-8-6-7-13(21)12-23-14;/h13-15H,6-12H2,1-5H3,(H2,18,19,20);1H. The van der Waals surface area contributed by atoms with Gasteiger partial charge in [0.1, 0.15) is 0 Å². The normalized spacial score (nSPS) is 26.5. The van der Waals surface area contributed by atoms with Crippen LogP contribution in [0.3, 0.4) is 0 Å². The molecular weight excluding hydrogens is 419 g/mol. The molecule has 6 nitrogen and oxygen atoms in total. The van der Waals surface area contributed by atoms with E-state index < -0.39 is 0 Å². The van der Waals surface area contributed by atoms with Crippen molar-refractivity contribution in [2.45, 2.75) is 51.9 Å². The number of methoxy groups -OCH3 is 1. The van der Waals surface area contributed by atoms with Crippen LogP contribution in [0.2, 0.25) is 0 Å². The summed E-state index contributed by atoms with van der Waals surface area (Å²) in [5.41, 5.74) is 0.0951. The number of morpholine rings is 1. The van der Waals surface area contributed by atoms with Gasteiger partial charge in [0.2, 0.25) is 0 Å². The summed E-state index contributed by atoms with van der Waals surface area (Å²) in [6.07, 6.45) is 2.97. The van der Waals surface area contributed by atoms with Crippen LogP contribution in [0.1, 0.15) is 33.6 Å². The van der Waals surface area contributed by atoms with Crippen molar-refractivity contribution >= 4 is 29.9 Å². The Morgan fingerprint density at radius 3 is 2.75 bits per heavy atom. The lowest BCUT2D eigenvalue weighted by atomic mass is 9.89. The van der Waals surface area contributed by atoms with Crippen molar-refractivity contribution in [3.05, 3.63) is 0 Å². The Labute approximate surface area is 164 Å². The SMILES string of the molecule is CN=C(NCC1CN2CCCC2CO1)NCC(OC)C(C)(C)C.I. The number of hydrogen-bond donors (Lipinski definition) is 2. The number of guanidine groups is 1. The van der Waals surface area contributed by atoms with Crippen LogP contribution in [-0.4, -0.2) is 76.1 Å². The molecule has 2 saturated heterocycles. The third-order valence-electron chi connectivity index (χ3n) is 4.89. The van der Waals surface area contributed by atoms with Crippen LogP contribution in [0.25, 0.3) is 0 Å². The molecule has 2 heterocycles. The van der Waals surface area contributed by atoms with Crippen molar-refractivity contribution in [2.75, 3.05) is 46.9 Å². The fourth-order valence-electron chi connectivity index (χ4n) is 3.37. The van der Waals surface area contributed by atoms with Crippen LogP contribution in [0.4, 0.5) is 0 Å². The molecular formula is C17H35IN4O2. The first-order chi connectivity index (χ1) is 10.9. The van der Waals surface area contributed by atoms with Crippen LogP contribution in [0.15, 0.2) is 4.99 Å². The molecule has 0 aromatic carbocycles. The zero-order valence-corrected chi connectivity index (χ0v) is 18.1. The fraction of sp³-hybridized carbons (Fsp3) is 0.941. The van der Waals surface area contributed by atoms with Crippen molar-refractivity contribution in [2.24, 2.45) is 10.4 Å². The second-order valence-corrected chi connectivity index (χ2v) is 7.67. The van der Waals surface area contributed by atoms with E-state index in [1.165, 1.54) is 19.4 Å². The molecule has 2 rings (SSSR count). The third-order valence-corrected chi connectivity index (χ3v) is 4.89. The van der Waals surface area contributed by atoms with E-state index >= 15 is 0 Å². The highest BCUT2D eigenvalue weighted by Crippen LogP contribution is 2.22. The molecule has 2 fully saturated rings. The quantitative estimate of drug-likeness (QED) is 0.376. The van der Waals surface area contributed by atoms with Gasteiger partial charge >= 0.3 is 0 Å². The van der Waals surface area contributed by atoms with Gasteiger partial charge in [-0.15, -0.1) is 24.0 Å². The molecule has 7 heteroatoms. The number of rotatable bonds is 5. The lowest BCUT2D eigenvalue weighted by Gasteiger charge is -2.35. The van der Waals surface area contributed by atoms with Gasteiger partial charge < -0.3 is 20.1 Å². The topological polar surface area (TPSA) is 58.1 Å². The molecule has 142 valence electrons. The molecule has 0 aromatic heterocycles. The summed E-state index contributed by atoms with van der Waals surface area (Å²) in [6.45, 7) is 11.2. The minimum atomic E-state index is 0. The van der Waals surface area contributed by atoms with Crippen molar-refractivity contribution in [1.82, 2.24) is 15.5 Å². The number of halogens is 1. The number of hydrogen-bond acceptors (Lipinski definition) is 4. The molecule has 2 aliphatic heterocycles. The highest BCUT2D eigenvalue weighted by atomic mass is 127. The van der Waals surface area contributed by atoms with Crippen molar-refractivity contribution < 1.29 is 9.47 Å². The molecule has 0 radical (unpaired) electrons. The molecule has 0 amide bonds. The molecule has 2 aliphatic rings. The third kappa shape index (κ3) is 6.31. The summed E-state index contributed by atoms with van der Waals surface area (Å²) in [4.78, 5) is 6.86. The monoisotopic (exact) mass is 454 g/mol. The average molecular weight is 454 g/mol. The van der Waals surface area contributed by atoms with Gasteiger partial charge in [-0.25, -0.2) is 0 Å². The summed E-state index contributed by atoms with van der Waals surface area (Å²) < 4.78 is 11.6. The maximum Gasteiger partial charge on any atom is 0.191 e. The fourth-order valence-corrected chi connectivity index (χ4v) is 3.37. The number of aliphatic imine (C=N–C) groups is 1. The van der Waals surface area contributed by atoms with E-state index in [-0.39, 0.29) is 41.6 Å². The largest absolute Gasteiger partial charge is 0.379 e. The predicted molar refractivity (Wildman–Crippen MR) is 109 cm³/mol. The Morgan fingerprint density at radius 2 is 2.12 bits per heavy atom. The first-order valence-corrected chi connectivity index (χ1v) is 8.77. The van der Waals surface area contributed by atoms with Crippen molar-refractivity contribution in [3.63, 3.8) is 0 Å². The van der Waals surface area contributed by atoms with Gasteiger partial charge in [0.05, 0.1) is 18.8 Å². The molecule has 0 aromatic rings. The number of fused-ring (bicyclic) bond motifs is 1. The van der Waals surface area contributed by atoms with Crippen LogP contribution in [-0.2, 0) is 9.47 Å². The van der Waals surface area contributed by atoms with Crippen LogP contribution in [0.5, 0.6) is 0 Å². The van der Waals surface area contributed by atoms with E-state index in [4.69, 9.17) is 9.47 Å². The molecule has 0 spiro atoms. The van der Waals surface area contributed by atoms with E-state index in [0.29, 0.717) is 6.04 Å². The minimum Gasteiger partial charge on any atom is -0.379 e. The van der Waals surface area contributed by atoms with E-state index in [1.54, 1.807) is 14.2 Å². The predicted octanol–water partition coefficient (Wildman–Crippen LogP) is 1.69. The number of nitrogens with zero attached hydrogens (tertiary/aromatic N) is 2. The molecule has 2 N–H and O–H groups in total. The number of ether oxygens (including phenoxy) is 2. The van der Waals surface area contributed by atoms with Gasteiger partial charge in [-0.05, 0) is 24.8 Å². The maximum absolute atomic E-state index is 5.98. The smallest absolute Gasteiger partial charge is 0.191 e. The zero-order chi connectivity index (χ0) is 16.9. The van der Waals surface area contributed by atoms with Gasteiger partial charge in [-0.1, -0.05) is 20.8 Å². The summed E-state index contributed by atoms with van der Waals surface area (Å²) in [7, 11) is 3.56. The maximum atomic E-state index is 5.98. The van der Waals surface area contributed by atoms with Crippen molar-refractivity contribution in [3.8, 4) is 0 Å². The summed E-state index contributed by atoms with van der Waals surface area (Å²) in [6, 6.07) is 0.651. The lowest BCUT2D eigenvalue weighted by molar-refractivity contribution is -0.0453. The Morgan fingerprint density at radius 1 is 1.38 bits per heavy atom. The highest BCUT2D eigenvalue weighted by molar-refractivity contribution is 14.0. The van der Waals surface area contributed by atoms with E-state index in [9.17, 15) is 0 Å². The Kier molecular flexibility index (Phi) is 9.25. The zero-order valence-electron chi connectivity index (χ0n) is 15.8. The second kappa shape index (κ2) is 10.1. The van der Waals surface area contributed by atoms with Gasteiger partial charge in [-0.2, -0.15) is 0 Å². The molecule has 24 heavy (non-hydrogen) atoms. The van der Waals surface area contributed by atoms with E-state index in [2.05, 4.69) is 41.3 Å². The van der Waals surface area contributed by atoms with Gasteiger partial charge in [0.15, 0.2) is 5.96 Å². The van der Waals surface area contributed by atoms with Gasteiger partial charge in [-0.3, -0.25) is 9.89 Å². The summed E-state index contributed by atoms with van der Waals surface area (Å²) in [5, 5.41) is 6.74. The molecule has 0 aliphatic carbocycles.